The number of carbonyl (C=O) groups is 1. The highest BCUT2D eigenvalue weighted by molar-refractivity contribution is 5.94. The summed E-state index contributed by atoms with van der Waals surface area (Å²) in [6, 6.07) is 3.21. The van der Waals surface area contributed by atoms with Crippen LogP contribution in [0.25, 0.3) is 0 Å². The van der Waals surface area contributed by atoms with Gasteiger partial charge in [0, 0.05) is 11.8 Å². The Morgan fingerprint density at radius 2 is 2.11 bits per heavy atom. The van der Waals surface area contributed by atoms with E-state index in [-0.39, 0.29) is 23.8 Å². The SMILES string of the molecule is CCOc1cc(NC(=O)[C@H](CC)n2cc([N+](=O)[O-])cn2)ccc1OC(F)F. The number of benzene rings is 1. The summed E-state index contributed by atoms with van der Waals surface area (Å²) < 4.78 is 35.7. The van der Waals surface area contributed by atoms with Crippen molar-refractivity contribution in [2.75, 3.05) is 11.9 Å². The quantitative estimate of drug-likeness (QED) is 0.524. The lowest BCUT2D eigenvalue weighted by molar-refractivity contribution is -0.385. The molecular formula is C16H18F2N4O5. The number of amides is 1. The Morgan fingerprint density at radius 3 is 2.67 bits per heavy atom. The van der Waals surface area contributed by atoms with E-state index in [9.17, 15) is 23.7 Å². The molecule has 0 bridgehead atoms. The Hall–Kier alpha value is -3.24. The lowest BCUT2D eigenvalue weighted by Crippen LogP contribution is -2.26. The summed E-state index contributed by atoms with van der Waals surface area (Å²) in [6.45, 7) is 0.605. The van der Waals surface area contributed by atoms with Crippen molar-refractivity contribution in [1.29, 1.82) is 0 Å². The lowest BCUT2D eigenvalue weighted by Gasteiger charge is -2.17. The van der Waals surface area contributed by atoms with Crippen LogP contribution in [0.15, 0.2) is 30.6 Å². The van der Waals surface area contributed by atoms with E-state index in [0.29, 0.717) is 12.1 Å². The third-order valence-corrected chi connectivity index (χ3v) is 3.53. The molecule has 27 heavy (non-hydrogen) atoms. The van der Waals surface area contributed by atoms with E-state index < -0.39 is 23.5 Å². The van der Waals surface area contributed by atoms with Gasteiger partial charge in [-0.15, -0.1) is 0 Å². The molecule has 1 aromatic heterocycles. The molecule has 2 rings (SSSR count). The van der Waals surface area contributed by atoms with E-state index in [2.05, 4.69) is 15.2 Å². The second kappa shape index (κ2) is 8.92. The third-order valence-electron chi connectivity index (χ3n) is 3.53. The zero-order chi connectivity index (χ0) is 20.0. The molecule has 0 fully saturated rings. The van der Waals surface area contributed by atoms with E-state index in [1.807, 2.05) is 0 Å². The molecule has 0 spiro atoms. The molecule has 1 N–H and O–H groups in total. The van der Waals surface area contributed by atoms with Crippen molar-refractivity contribution in [3.8, 4) is 11.5 Å². The number of anilines is 1. The highest BCUT2D eigenvalue weighted by Crippen LogP contribution is 2.32. The number of aromatic nitrogens is 2. The van der Waals surface area contributed by atoms with Crippen molar-refractivity contribution in [1.82, 2.24) is 9.78 Å². The summed E-state index contributed by atoms with van der Waals surface area (Å²) >= 11 is 0. The average Bonchev–Trinajstić information content (AvgIpc) is 3.08. The van der Waals surface area contributed by atoms with Gasteiger partial charge in [-0.05, 0) is 25.5 Å². The van der Waals surface area contributed by atoms with Gasteiger partial charge < -0.3 is 14.8 Å². The van der Waals surface area contributed by atoms with Gasteiger partial charge in [0.1, 0.15) is 18.4 Å². The molecule has 11 heteroatoms. The van der Waals surface area contributed by atoms with Crippen LogP contribution >= 0.6 is 0 Å². The first-order valence-corrected chi connectivity index (χ1v) is 8.06. The molecule has 1 amide bonds. The van der Waals surface area contributed by atoms with Crippen molar-refractivity contribution in [2.45, 2.75) is 32.9 Å². The van der Waals surface area contributed by atoms with Crippen molar-refractivity contribution < 1.29 is 28.0 Å². The molecular weight excluding hydrogens is 366 g/mol. The van der Waals surface area contributed by atoms with Gasteiger partial charge in [0.2, 0.25) is 5.91 Å². The van der Waals surface area contributed by atoms with E-state index >= 15 is 0 Å². The molecule has 0 aliphatic carbocycles. The topological polar surface area (TPSA) is 109 Å². The zero-order valence-corrected chi connectivity index (χ0v) is 14.6. The van der Waals surface area contributed by atoms with Crippen molar-refractivity contribution in [2.24, 2.45) is 0 Å². The van der Waals surface area contributed by atoms with Gasteiger partial charge >= 0.3 is 12.3 Å². The molecule has 0 saturated heterocycles. The number of carbonyl (C=O) groups excluding carboxylic acids is 1. The largest absolute Gasteiger partial charge is 0.490 e. The number of alkyl halides is 2. The number of rotatable bonds is 9. The van der Waals surface area contributed by atoms with Crippen LogP contribution in [-0.2, 0) is 4.79 Å². The van der Waals surface area contributed by atoms with Gasteiger partial charge in [0.05, 0.1) is 11.5 Å². The predicted molar refractivity (Wildman–Crippen MR) is 91.1 cm³/mol. The first kappa shape index (κ1) is 20.1. The summed E-state index contributed by atoms with van der Waals surface area (Å²) in [7, 11) is 0. The highest BCUT2D eigenvalue weighted by atomic mass is 19.3. The second-order valence-corrected chi connectivity index (χ2v) is 5.32. The fourth-order valence-electron chi connectivity index (χ4n) is 2.36. The summed E-state index contributed by atoms with van der Waals surface area (Å²) in [6.07, 6.45) is 2.55. The highest BCUT2D eigenvalue weighted by Gasteiger charge is 2.22. The Balaban J connectivity index is 2.19. The molecule has 0 radical (unpaired) electrons. The van der Waals surface area contributed by atoms with Crippen LogP contribution < -0.4 is 14.8 Å². The van der Waals surface area contributed by atoms with Gasteiger partial charge in [-0.2, -0.15) is 13.9 Å². The Morgan fingerprint density at radius 1 is 1.37 bits per heavy atom. The average molecular weight is 384 g/mol. The molecule has 1 atom stereocenters. The number of ether oxygens (including phenoxy) is 2. The van der Waals surface area contributed by atoms with Crippen LogP contribution in [0.4, 0.5) is 20.2 Å². The number of hydrogen-bond donors (Lipinski definition) is 1. The van der Waals surface area contributed by atoms with Crippen LogP contribution in [0.2, 0.25) is 0 Å². The monoisotopic (exact) mass is 384 g/mol. The fraction of sp³-hybridized carbons (Fsp3) is 0.375. The Kier molecular flexibility index (Phi) is 6.63. The molecule has 1 aromatic carbocycles. The molecule has 0 saturated carbocycles. The maximum absolute atomic E-state index is 12.5. The van der Waals surface area contributed by atoms with Crippen molar-refractivity contribution in [3.63, 3.8) is 0 Å². The molecule has 0 aliphatic rings. The van der Waals surface area contributed by atoms with E-state index in [4.69, 9.17) is 4.74 Å². The van der Waals surface area contributed by atoms with Crippen LogP contribution in [0.1, 0.15) is 26.3 Å². The van der Waals surface area contributed by atoms with Crippen LogP contribution in [0.3, 0.4) is 0 Å². The van der Waals surface area contributed by atoms with Gasteiger partial charge in [-0.25, -0.2) is 0 Å². The molecule has 9 nitrogen and oxygen atoms in total. The second-order valence-electron chi connectivity index (χ2n) is 5.32. The lowest BCUT2D eigenvalue weighted by atomic mass is 10.2. The van der Waals surface area contributed by atoms with Crippen molar-refractivity contribution >= 4 is 17.3 Å². The number of nitrogens with one attached hydrogen (secondary N) is 1. The van der Waals surface area contributed by atoms with Gasteiger partial charge in [0.25, 0.3) is 0 Å². The third kappa shape index (κ3) is 5.12. The first-order chi connectivity index (χ1) is 12.8. The van der Waals surface area contributed by atoms with Crippen molar-refractivity contribution in [3.05, 3.63) is 40.7 Å². The Labute approximate surface area is 153 Å². The Bertz CT molecular complexity index is 812. The molecule has 2 aromatic rings. The van der Waals surface area contributed by atoms with Crippen LogP contribution in [-0.4, -0.2) is 33.8 Å². The number of halogens is 2. The minimum absolute atomic E-state index is 0.0541. The molecule has 1 heterocycles. The fourth-order valence-corrected chi connectivity index (χ4v) is 2.36. The van der Waals surface area contributed by atoms with Crippen LogP contribution in [0, 0.1) is 10.1 Å². The maximum atomic E-state index is 12.5. The maximum Gasteiger partial charge on any atom is 0.387 e. The normalized spacial score (nSPS) is 11.9. The van der Waals surface area contributed by atoms with E-state index in [1.165, 1.54) is 29.1 Å². The molecule has 0 unspecified atom stereocenters. The number of nitro groups is 1. The standard InChI is InChI=1S/C16H18F2N4O5/c1-3-12(21-9-11(8-19-21)22(24)25)15(23)20-10-5-6-13(27-16(17)18)14(7-10)26-4-2/h5-9,12,16H,3-4H2,1-2H3,(H,20,23)/t12-/m0/s1. The van der Waals surface area contributed by atoms with Gasteiger partial charge in [0.15, 0.2) is 11.5 Å². The minimum atomic E-state index is -3.01. The predicted octanol–water partition coefficient (Wildman–Crippen LogP) is 3.38. The minimum Gasteiger partial charge on any atom is -0.490 e. The number of hydrogen-bond acceptors (Lipinski definition) is 6. The van der Waals surface area contributed by atoms with E-state index in [0.717, 1.165) is 6.20 Å². The number of nitrogens with zero attached hydrogens (tertiary/aromatic N) is 3. The zero-order valence-electron chi connectivity index (χ0n) is 14.6. The molecule has 0 aliphatic heterocycles. The van der Waals surface area contributed by atoms with Crippen LogP contribution in [0.5, 0.6) is 11.5 Å². The summed E-state index contributed by atoms with van der Waals surface area (Å²) in [5.41, 5.74) is 0.0681. The van der Waals surface area contributed by atoms with Gasteiger partial charge in [-0.3, -0.25) is 19.6 Å². The van der Waals surface area contributed by atoms with E-state index in [1.54, 1.807) is 13.8 Å². The summed E-state index contributed by atoms with van der Waals surface area (Å²) in [5.74, 6) is -0.571. The first-order valence-electron chi connectivity index (χ1n) is 8.06. The summed E-state index contributed by atoms with van der Waals surface area (Å²) in [4.78, 5) is 22.7. The van der Waals surface area contributed by atoms with Gasteiger partial charge in [-0.1, -0.05) is 6.92 Å². The summed E-state index contributed by atoms with van der Waals surface area (Å²) in [5, 5.41) is 17.2. The molecule has 146 valence electrons. The smallest absolute Gasteiger partial charge is 0.387 e.